The van der Waals surface area contributed by atoms with E-state index in [4.69, 9.17) is 0 Å². The molecule has 0 radical (unpaired) electrons. The van der Waals surface area contributed by atoms with Crippen molar-refractivity contribution in [3.05, 3.63) is 70.8 Å². The fourth-order valence-corrected chi connectivity index (χ4v) is 4.03. The third-order valence-electron chi connectivity index (χ3n) is 4.88. The van der Waals surface area contributed by atoms with Gasteiger partial charge in [-0.3, -0.25) is 0 Å². The Morgan fingerprint density at radius 3 is 2.22 bits per heavy atom. The number of fused-ring (bicyclic) bond motifs is 7. The van der Waals surface area contributed by atoms with Gasteiger partial charge in [-0.05, 0) is 5.56 Å². The fraction of sp³-hybridized carbons (Fsp3) is 0.294. The average molecular weight is 236 g/mol. The van der Waals surface area contributed by atoms with Gasteiger partial charge in [0.1, 0.15) is 12.1 Å². The molecule has 2 heterocycles. The molecule has 0 aliphatic carbocycles. The molecule has 2 aliphatic rings. The fourth-order valence-electron chi connectivity index (χ4n) is 4.03. The van der Waals surface area contributed by atoms with E-state index < -0.39 is 0 Å². The number of likely N-dealkylation sites (N-methyl/N-ethyl adjacent to an activating group) is 1. The molecule has 0 N–H and O–H groups in total. The van der Waals surface area contributed by atoms with Crippen molar-refractivity contribution in [1.82, 2.24) is 0 Å². The highest BCUT2D eigenvalue weighted by Crippen LogP contribution is 2.54. The first-order valence-electron chi connectivity index (χ1n) is 6.69. The monoisotopic (exact) mass is 236 g/mol. The molecule has 2 aromatic carbocycles. The summed E-state index contributed by atoms with van der Waals surface area (Å²) in [4.78, 5) is 0. The lowest BCUT2D eigenvalue weighted by Crippen LogP contribution is -2.45. The Kier molecular flexibility index (Phi) is 1.86. The zero-order valence-electron chi connectivity index (χ0n) is 10.9. The molecule has 0 amide bonds. The van der Waals surface area contributed by atoms with Crippen LogP contribution in [0.25, 0.3) is 0 Å². The molecule has 2 atom stereocenters. The summed E-state index contributed by atoms with van der Waals surface area (Å²) in [7, 11) is 4.76. The van der Waals surface area contributed by atoms with Crippen molar-refractivity contribution in [1.29, 1.82) is 0 Å². The first kappa shape index (κ1) is 10.3. The minimum Gasteiger partial charge on any atom is -0.312 e. The van der Waals surface area contributed by atoms with Crippen LogP contribution >= 0.6 is 0 Å². The summed E-state index contributed by atoms with van der Waals surface area (Å²) < 4.78 is 1.08. The Hall–Kier alpha value is -1.60. The molecule has 0 saturated heterocycles. The van der Waals surface area contributed by atoms with Crippen molar-refractivity contribution in [3.63, 3.8) is 0 Å². The molecule has 2 bridgehead atoms. The average Bonchev–Trinajstić information content (AvgIpc) is 2.52. The van der Waals surface area contributed by atoms with Gasteiger partial charge in [0.15, 0.2) is 0 Å². The predicted molar refractivity (Wildman–Crippen MR) is 73.3 cm³/mol. The summed E-state index contributed by atoms with van der Waals surface area (Å²) in [5.74, 6) is 0. The molecule has 2 aromatic rings. The summed E-state index contributed by atoms with van der Waals surface area (Å²) in [6, 6.07) is 19.1. The van der Waals surface area contributed by atoms with Crippen LogP contribution in [0.2, 0.25) is 0 Å². The van der Waals surface area contributed by atoms with Gasteiger partial charge in [0.25, 0.3) is 0 Å². The van der Waals surface area contributed by atoms with Crippen LogP contribution in [0.3, 0.4) is 0 Å². The molecular formula is C17H18N+. The van der Waals surface area contributed by atoms with Gasteiger partial charge >= 0.3 is 0 Å². The number of rotatable bonds is 0. The number of hydrogen-bond donors (Lipinski definition) is 0. The van der Waals surface area contributed by atoms with Crippen LogP contribution in [-0.2, 0) is 6.42 Å². The molecule has 18 heavy (non-hydrogen) atoms. The van der Waals surface area contributed by atoms with E-state index in [9.17, 15) is 0 Å². The maximum atomic E-state index is 2.38. The van der Waals surface area contributed by atoms with Crippen LogP contribution in [0.5, 0.6) is 0 Å². The van der Waals surface area contributed by atoms with Crippen LogP contribution in [0.4, 0.5) is 0 Å². The highest BCUT2D eigenvalue weighted by molar-refractivity contribution is 5.47. The molecule has 2 aliphatic heterocycles. The van der Waals surface area contributed by atoms with Crippen molar-refractivity contribution < 1.29 is 4.48 Å². The summed E-state index contributed by atoms with van der Waals surface area (Å²) in [6.45, 7) is 0. The topological polar surface area (TPSA) is 0 Å². The van der Waals surface area contributed by atoms with E-state index in [1.54, 1.807) is 11.1 Å². The van der Waals surface area contributed by atoms with Gasteiger partial charge in [0.2, 0.25) is 0 Å². The Morgan fingerprint density at radius 1 is 0.833 bits per heavy atom. The van der Waals surface area contributed by atoms with Gasteiger partial charge in [-0.2, -0.15) is 0 Å². The van der Waals surface area contributed by atoms with Crippen molar-refractivity contribution >= 4 is 0 Å². The summed E-state index contributed by atoms with van der Waals surface area (Å²) in [6.07, 6.45) is 1.18. The highest BCUT2D eigenvalue weighted by Gasteiger charge is 2.51. The van der Waals surface area contributed by atoms with Crippen molar-refractivity contribution in [2.45, 2.75) is 18.5 Å². The summed E-state index contributed by atoms with van der Waals surface area (Å²) in [5, 5.41) is 0. The van der Waals surface area contributed by atoms with Crippen LogP contribution in [0.1, 0.15) is 34.3 Å². The second-order valence-electron chi connectivity index (χ2n) is 6.08. The van der Waals surface area contributed by atoms with Crippen molar-refractivity contribution in [2.24, 2.45) is 0 Å². The summed E-state index contributed by atoms with van der Waals surface area (Å²) in [5.41, 5.74) is 6.17. The molecule has 2 unspecified atom stereocenters. The quantitative estimate of drug-likeness (QED) is 0.614. The van der Waals surface area contributed by atoms with Crippen LogP contribution < -0.4 is 0 Å². The Morgan fingerprint density at radius 2 is 1.44 bits per heavy atom. The maximum Gasteiger partial charge on any atom is 0.141 e. The van der Waals surface area contributed by atoms with Gasteiger partial charge in [-0.15, -0.1) is 0 Å². The molecule has 90 valence electrons. The molecule has 0 saturated carbocycles. The van der Waals surface area contributed by atoms with E-state index in [1.165, 1.54) is 17.5 Å². The molecule has 1 nitrogen and oxygen atoms in total. The second kappa shape index (κ2) is 3.24. The molecule has 0 spiro atoms. The van der Waals surface area contributed by atoms with Gasteiger partial charge in [-0.25, -0.2) is 0 Å². The Labute approximate surface area is 108 Å². The van der Waals surface area contributed by atoms with Crippen molar-refractivity contribution in [2.75, 3.05) is 14.1 Å². The Bertz CT molecular complexity index is 616. The third-order valence-corrected chi connectivity index (χ3v) is 4.88. The van der Waals surface area contributed by atoms with E-state index in [2.05, 4.69) is 62.6 Å². The second-order valence-corrected chi connectivity index (χ2v) is 6.08. The first-order chi connectivity index (χ1) is 8.69. The SMILES string of the molecule is C[N+]1(C)C2Cc3ccccc3C1c1ccccc12. The zero-order chi connectivity index (χ0) is 12.3. The Balaban J connectivity index is 2.04. The van der Waals surface area contributed by atoms with Crippen LogP contribution in [0.15, 0.2) is 48.5 Å². The largest absolute Gasteiger partial charge is 0.312 e. The summed E-state index contributed by atoms with van der Waals surface area (Å²) >= 11 is 0. The maximum absolute atomic E-state index is 2.38. The minimum absolute atomic E-state index is 0.524. The molecular weight excluding hydrogens is 218 g/mol. The van der Waals surface area contributed by atoms with E-state index in [-0.39, 0.29) is 0 Å². The molecule has 4 rings (SSSR count). The van der Waals surface area contributed by atoms with Gasteiger partial charge in [0.05, 0.1) is 14.1 Å². The van der Waals surface area contributed by atoms with Crippen LogP contribution in [-0.4, -0.2) is 18.6 Å². The number of benzene rings is 2. The zero-order valence-corrected chi connectivity index (χ0v) is 10.9. The van der Waals surface area contributed by atoms with Gasteiger partial charge in [0, 0.05) is 23.1 Å². The highest BCUT2D eigenvalue weighted by atomic mass is 15.4. The van der Waals surface area contributed by atoms with Crippen LogP contribution in [0, 0.1) is 0 Å². The number of quaternary nitrogens is 1. The van der Waals surface area contributed by atoms with E-state index in [0.29, 0.717) is 12.1 Å². The standard InChI is InChI=1S/C17H18N/c1-18(2)16-11-12-7-3-4-8-13(12)17(18)15-10-6-5-9-14(15)16/h3-10,16-17H,11H2,1-2H3/q+1. The normalized spacial score (nSPS) is 26.6. The van der Waals surface area contributed by atoms with E-state index in [1.807, 2.05) is 0 Å². The smallest absolute Gasteiger partial charge is 0.141 e. The number of hydrogen-bond acceptors (Lipinski definition) is 0. The van der Waals surface area contributed by atoms with E-state index >= 15 is 0 Å². The van der Waals surface area contributed by atoms with E-state index in [0.717, 1.165) is 4.48 Å². The lowest BCUT2D eigenvalue weighted by Gasteiger charge is -2.42. The third kappa shape index (κ3) is 1.10. The minimum atomic E-state index is 0.524. The predicted octanol–water partition coefficient (Wildman–Crippen LogP) is 3.46. The first-order valence-corrected chi connectivity index (χ1v) is 6.69. The molecule has 0 aromatic heterocycles. The number of nitrogens with zero attached hydrogens (tertiary/aromatic N) is 1. The molecule has 1 heteroatoms. The lowest BCUT2D eigenvalue weighted by atomic mass is 9.90. The molecule has 0 fully saturated rings. The van der Waals surface area contributed by atoms with Gasteiger partial charge in [-0.1, -0.05) is 48.5 Å². The van der Waals surface area contributed by atoms with Gasteiger partial charge < -0.3 is 4.48 Å². The van der Waals surface area contributed by atoms with Crippen molar-refractivity contribution in [3.8, 4) is 0 Å². The lowest BCUT2D eigenvalue weighted by molar-refractivity contribution is -0.940.